The molecule has 0 aromatic rings. The first-order valence-corrected chi connectivity index (χ1v) is 14.1. The van der Waals surface area contributed by atoms with Crippen molar-refractivity contribution in [3.63, 3.8) is 0 Å². The minimum Gasteiger partial charge on any atom is -0.394 e. The number of unbranched alkanes of at least 4 members (excludes halogenated alkanes) is 9. The third-order valence-corrected chi connectivity index (χ3v) is 7.98. The largest absolute Gasteiger partial charge is 0.394 e. The highest BCUT2D eigenvalue weighted by atomic mass is 32.2. The molecule has 2 aliphatic rings. The number of hydrogen-bond donors (Lipinski definition) is 7. The fourth-order valence-corrected chi connectivity index (χ4v) is 5.66. The quantitative estimate of drug-likeness (QED) is 0.138. The van der Waals surface area contributed by atoms with Crippen molar-refractivity contribution < 1.29 is 50.0 Å². The van der Waals surface area contributed by atoms with Gasteiger partial charge in [0.15, 0.2) is 6.29 Å². The summed E-state index contributed by atoms with van der Waals surface area (Å²) in [6, 6.07) is 0. The van der Waals surface area contributed by atoms with Crippen molar-refractivity contribution in [3.8, 4) is 0 Å². The molecule has 0 aromatic heterocycles. The lowest BCUT2D eigenvalue weighted by atomic mass is 9.97. The molecule has 208 valence electrons. The highest BCUT2D eigenvalue weighted by molar-refractivity contribution is 7.99. The van der Waals surface area contributed by atoms with Crippen molar-refractivity contribution in [2.24, 2.45) is 0 Å². The summed E-state index contributed by atoms with van der Waals surface area (Å²) in [4.78, 5) is 0. The van der Waals surface area contributed by atoms with Crippen LogP contribution in [0.15, 0.2) is 0 Å². The molecule has 7 N–H and O–H groups in total. The van der Waals surface area contributed by atoms with Gasteiger partial charge in [0.25, 0.3) is 0 Å². The van der Waals surface area contributed by atoms with Crippen LogP contribution in [0.3, 0.4) is 0 Å². The molecule has 2 fully saturated rings. The average molecular weight is 527 g/mol. The summed E-state index contributed by atoms with van der Waals surface area (Å²) < 4.78 is 16.7. The molecule has 2 heterocycles. The van der Waals surface area contributed by atoms with Gasteiger partial charge in [0.1, 0.15) is 54.3 Å². The van der Waals surface area contributed by atoms with E-state index >= 15 is 0 Å². The first-order chi connectivity index (χ1) is 16.8. The maximum absolute atomic E-state index is 10.7. The summed E-state index contributed by atoms with van der Waals surface area (Å²) in [5.74, 6) is 0.737. The normalized spacial score (nSPS) is 38.1. The van der Waals surface area contributed by atoms with Crippen LogP contribution in [0, 0.1) is 0 Å². The van der Waals surface area contributed by atoms with Crippen molar-refractivity contribution in [1.29, 1.82) is 0 Å². The van der Waals surface area contributed by atoms with Crippen LogP contribution < -0.4 is 0 Å². The third-order valence-electron chi connectivity index (χ3n) is 6.74. The Morgan fingerprint density at radius 1 is 0.629 bits per heavy atom. The summed E-state index contributed by atoms with van der Waals surface area (Å²) in [5.41, 5.74) is -0.754. The van der Waals surface area contributed by atoms with Crippen molar-refractivity contribution in [2.45, 2.75) is 132 Å². The second kappa shape index (κ2) is 16.7. The minimum absolute atomic E-state index is 0.513. The lowest BCUT2D eigenvalue weighted by Gasteiger charge is -2.46. The molecule has 0 saturated carbocycles. The van der Waals surface area contributed by atoms with Crippen LogP contribution in [0.1, 0.15) is 71.1 Å². The van der Waals surface area contributed by atoms with Gasteiger partial charge in [-0.3, -0.25) is 0 Å². The first-order valence-electron chi connectivity index (χ1n) is 13.1. The van der Waals surface area contributed by atoms with E-state index in [4.69, 9.17) is 14.2 Å². The SMILES string of the molecule is CCCCCCCCCCCCS[C@@H]1O[C@H](CO)[C@@H](O[C@H]2O[C@H](CO)[C@@H](O)[C@H](O)[C@H]2O)[C@H](O)[C@H]1O. The van der Waals surface area contributed by atoms with E-state index in [1.807, 2.05) is 0 Å². The monoisotopic (exact) mass is 526 g/mol. The smallest absolute Gasteiger partial charge is 0.187 e. The molecule has 0 spiro atoms. The average Bonchev–Trinajstić information content (AvgIpc) is 2.86. The maximum atomic E-state index is 10.7. The standard InChI is InChI=1S/C24H46O10S/c1-2-3-4-5-6-7-8-9-10-11-12-35-24-21(31)19(29)22(16(14-26)33-24)34-23-20(30)18(28)17(27)15(13-25)32-23/h15-31H,2-14H2,1H3/t15-,16-,17-,18+,19-,20-,21-,22-,23-,24+/m1/s1. The fourth-order valence-electron chi connectivity index (χ4n) is 4.48. The molecule has 0 aromatic carbocycles. The van der Waals surface area contributed by atoms with Crippen LogP contribution >= 0.6 is 11.8 Å². The molecular formula is C24H46O10S. The van der Waals surface area contributed by atoms with Gasteiger partial charge in [0.2, 0.25) is 0 Å². The molecule has 10 atom stereocenters. The summed E-state index contributed by atoms with van der Waals surface area (Å²) in [7, 11) is 0. The van der Waals surface area contributed by atoms with E-state index in [9.17, 15) is 35.7 Å². The van der Waals surface area contributed by atoms with Crippen molar-refractivity contribution in [2.75, 3.05) is 19.0 Å². The van der Waals surface area contributed by atoms with Crippen LogP contribution in [-0.4, -0.2) is 115 Å². The topological polar surface area (TPSA) is 169 Å². The Labute approximate surface area is 212 Å². The molecule has 0 bridgehead atoms. The Bertz CT molecular complexity index is 554. The van der Waals surface area contributed by atoms with Crippen LogP contribution in [0.4, 0.5) is 0 Å². The Hall–Kier alpha value is -0.0500. The zero-order valence-electron chi connectivity index (χ0n) is 20.7. The number of ether oxygens (including phenoxy) is 3. The maximum Gasteiger partial charge on any atom is 0.187 e. The summed E-state index contributed by atoms with van der Waals surface area (Å²) >= 11 is 1.37. The Kier molecular flexibility index (Phi) is 14.9. The number of rotatable bonds is 16. The fraction of sp³-hybridized carbons (Fsp3) is 1.00. The molecule has 0 amide bonds. The van der Waals surface area contributed by atoms with E-state index in [2.05, 4.69) is 6.92 Å². The van der Waals surface area contributed by atoms with Gasteiger partial charge >= 0.3 is 0 Å². The lowest BCUT2D eigenvalue weighted by Crippen LogP contribution is -2.64. The van der Waals surface area contributed by atoms with Crippen LogP contribution in [0.2, 0.25) is 0 Å². The van der Waals surface area contributed by atoms with E-state index < -0.39 is 73.8 Å². The molecule has 2 saturated heterocycles. The van der Waals surface area contributed by atoms with Crippen LogP contribution in [-0.2, 0) is 14.2 Å². The number of hydrogen-bond acceptors (Lipinski definition) is 11. The lowest BCUT2D eigenvalue weighted by molar-refractivity contribution is -0.338. The van der Waals surface area contributed by atoms with Gasteiger partial charge in [0.05, 0.1) is 13.2 Å². The molecule has 10 nitrogen and oxygen atoms in total. The molecule has 0 unspecified atom stereocenters. The second-order valence-electron chi connectivity index (χ2n) is 9.56. The highest BCUT2D eigenvalue weighted by Gasteiger charge is 2.50. The zero-order valence-corrected chi connectivity index (χ0v) is 21.5. The van der Waals surface area contributed by atoms with Crippen LogP contribution in [0.5, 0.6) is 0 Å². The number of aliphatic hydroxyl groups excluding tert-OH is 7. The predicted molar refractivity (Wildman–Crippen MR) is 131 cm³/mol. The Morgan fingerprint density at radius 3 is 1.77 bits per heavy atom. The summed E-state index contributed by atoms with van der Waals surface area (Å²) in [5, 5.41) is 70.4. The van der Waals surface area contributed by atoms with Gasteiger partial charge in [-0.2, -0.15) is 0 Å². The summed E-state index contributed by atoms with van der Waals surface area (Å²) in [6.45, 7) is 1.08. The van der Waals surface area contributed by atoms with E-state index in [0.717, 1.165) is 18.6 Å². The van der Waals surface area contributed by atoms with Gasteiger partial charge in [-0.15, -0.1) is 11.8 Å². The molecule has 11 heteroatoms. The van der Waals surface area contributed by atoms with Crippen molar-refractivity contribution in [1.82, 2.24) is 0 Å². The predicted octanol–water partition coefficient (Wildman–Crippen LogP) is 0.265. The van der Waals surface area contributed by atoms with E-state index in [0.29, 0.717) is 0 Å². The summed E-state index contributed by atoms with van der Waals surface area (Å²) in [6.07, 6.45) is -0.352. The highest BCUT2D eigenvalue weighted by Crippen LogP contribution is 2.33. The Balaban J connectivity index is 1.74. The third kappa shape index (κ3) is 9.33. The minimum atomic E-state index is -1.67. The first kappa shape index (κ1) is 31.2. The molecule has 0 radical (unpaired) electrons. The van der Waals surface area contributed by atoms with Gasteiger partial charge in [-0.05, 0) is 12.2 Å². The van der Waals surface area contributed by atoms with E-state index in [1.165, 1.54) is 63.1 Å². The van der Waals surface area contributed by atoms with Gasteiger partial charge in [0, 0.05) is 0 Å². The molecule has 2 aliphatic heterocycles. The number of thioether (sulfide) groups is 1. The van der Waals surface area contributed by atoms with Crippen molar-refractivity contribution >= 4 is 11.8 Å². The second-order valence-corrected chi connectivity index (χ2v) is 10.8. The molecule has 0 aliphatic carbocycles. The van der Waals surface area contributed by atoms with Gasteiger partial charge in [-0.25, -0.2) is 0 Å². The van der Waals surface area contributed by atoms with Gasteiger partial charge < -0.3 is 50.0 Å². The number of aliphatic hydroxyl groups is 7. The molecule has 35 heavy (non-hydrogen) atoms. The van der Waals surface area contributed by atoms with E-state index in [1.54, 1.807) is 0 Å². The van der Waals surface area contributed by atoms with Gasteiger partial charge in [-0.1, -0.05) is 64.7 Å². The van der Waals surface area contributed by atoms with Crippen molar-refractivity contribution in [3.05, 3.63) is 0 Å². The molecular weight excluding hydrogens is 480 g/mol. The zero-order chi connectivity index (χ0) is 25.8. The Morgan fingerprint density at radius 2 is 1.20 bits per heavy atom. The van der Waals surface area contributed by atoms with E-state index in [-0.39, 0.29) is 0 Å². The van der Waals surface area contributed by atoms with Crippen LogP contribution in [0.25, 0.3) is 0 Å². The molecule has 2 rings (SSSR count).